The fraction of sp³-hybridized carbons (Fsp3) is 0.467. The zero-order valence-corrected chi connectivity index (χ0v) is 11.8. The van der Waals surface area contributed by atoms with Gasteiger partial charge in [0.05, 0.1) is 19.8 Å². The Labute approximate surface area is 122 Å². The molecule has 4 rings (SSSR count). The number of fused-ring (bicyclic) bond motifs is 1. The molecule has 0 bridgehead atoms. The SMILES string of the molecule is COc1ccc2c(c1)OCCC2Nc1nnc(C2CC2)o1. The Kier molecular flexibility index (Phi) is 2.94. The van der Waals surface area contributed by atoms with Gasteiger partial charge >= 0.3 is 6.01 Å². The number of rotatable bonds is 4. The first-order valence-corrected chi connectivity index (χ1v) is 7.24. The summed E-state index contributed by atoms with van der Waals surface area (Å²) in [7, 11) is 1.65. The number of ether oxygens (including phenoxy) is 2. The van der Waals surface area contributed by atoms with E-state index >= 15 is 0 Å². The molecule has 1 aromatic carbocycles. The predicted octanol–water partition coefficient (Wildman–Crippen LogP) is 2.89. The smallest absolute Gasteiger partial charge is 0.315 e. The summed E-state index contributed by atoms with van der Waals surface area (Å²) in [6.07, 6.45) is 3.17. The highest BCUT2D eigenvalue weighted by molar-refractivity contribution is 5.46. The molecule has 2 heterocycles. The minimum Gasteiger partial charge on any atom is -0.497 e. The number of hydrogen-bond acceptors (Lipinski definition) is 6. The lowest BCUT2D eigenvalue weighted by atomic mass is 10.0. The van der Waals surface area contributed by atoms with Crippen molar-refractivity contribution in [3.63, 3.8) is 0 Å². The molecule has 0 saturated heterocycles. The largest absolute Gasteiger partial charge is 0.497 e. The molecule has 2 aliphatic rings. The van der Waals surface area contributed by atoms with E-state index in [-0.39, 0.29) is 6.04 Å². The molecule has 6 nitrogen and oxygen atoms in total. The van der Waals surface area contributed by atoms with Gasteiger partial charge in [-0.15, -0.1) is 5.10 Å². The van der Waals surface area contributed by atoms with Gasteiger partial charge in [0.1, 0.15) is 11.5 Å². The van der Waals surface area contributed by atoms with Crippen molar-refractivity contribution in [1.82, 2.24) is 10.2 Å². The van der Waals surface area contributed by atoms with Crippen molar-refractivity contribution in [2.45, 2.75) is 31.2 Å². The molecule has 1 N–H and O–H groups in total. The molecule has 1 atom stereocenters. The molecule has 1 aliphatic carbocycles. The predicted molar refractivity (Wildman–Crippen MR) is 75.7 cm³/mol. The molecule has 1 saturated carbocycles. The number of anilines is 1. The number of nitrogens with zero attached hydrogens (tertiary/aromatic N) is 2. The summed E-state index contributed by atoms with van der Waals surface area (Å²) in [6.45, 7) is 0.654. The van der Waals surface area contributed by atoms with Crippen molar-refractivity contribution in [2.24, 2.45) is 0 Å². The number of methoxy groups -OCH3 is 1. The van der Waals surface area contributed by atoms with Crippen LogP contribution in [0, 0.1) is 0 Å². The Bertz CT molecular complexity index is 651. The first-order valence-electron chi connectivity index (χ1n) is 7.24. The van der Waals surface area contributed by atoms with Crippen molar-refractivity contribution in [2.75, 3.05) is 19.0 Å². The molecular formula is C15H17N3O3. The number of hydrogen-bond donors (Lipinski definition) is 1. The lowest BCUT2D eigenvalue weighted by molar-refractivity contribution is 0.271. The van der Waals surface area contributed by atoms with Gasteiger partial charge in [-0.25, -0.2) is 0 Å². The zero-order chi connectivity index (χ0) is 14.2. The van der Waals surface area contributed by atoms with Crippen LogP contribution < -0.4 is 14.8 Å². The van der Waals surface area contributed by atoms with Crippen LogP contribution in [0.15, 0.2) is 22.6 Å². The van der Waals surface area contributed by atoms with Crippen LogP contribution in [-0.2, 0) is 0 Å². The van der Waals surface area contributed by atoms with E-state index in [9.17, 15) is 0 Å². The maximum Gasteiger partial charge on any atom is 0.315 e. The highest BCUT2D eigenvalue weighted by Gasteiger charge is 2.30. The fourth-order valence-corrected chi connectivity index (χ4v) is 2.58. The zero-order valence-electron chi connectivity index (χ0n) is 11.8. The third kappa shape index (κ3) is 2.41. The first-order chi connectivity index (χ1) is 10.3. The molecule has 1 unspecified atom stereocenters. The standard InChI is InChI=1S/C15H17N3O3/c1-19-10-4-5-11-12(6-7-20-13(11)8-10)16-15-18-17-14(21-15)9-2-3-9/h4-5,8-9,12H,2-3,6-7H2,1H3,(H,16,18). The molecular weight excluding hydrogens is 270 g/mol. The topological polar surface area (TPSA) is 69.4 Å². The second kappa shape index (κ2) is 4.95. The van der Waals surface area contributed by atoms with Gasteiger partial charge in [-0.1, -0.05) is 5.10 Å². The number of aromatic nitrogens is 2. The molecule has 1 aromatic heterocycles. The Hall–Kier alpha value is -2.24. The minimum atomic E-state index is 0.118. The first kappa shape index (κ1) is 12.5. The lowest BCUT2D eigenvalue weighted by Crippen LogP contribution is -2.20. The summed E-state index contributed by atoms with van der Waals surface area (Å²) in [5.74, 6) is 2.86. The van der Waals surface area contributed by atoms with Gasteiger partial charge in [0.2, 0.25) is 5.89 Å². The number of nitrogens with one attached hydrogen (secondary N) is 1. The quantitative estimate of drug-likeness (QED) is 0.932. The van der Waals surface area contributed by atoms with Crippen LogP contribution in [0.25, 0.3) is 0 Å². The van der Waals surface area contributed by atoms with Gasteiger partial charge in [0, 0.05) is 24.0 Å². The van der Waals surface area contributed by atoms with Gasteiger partial charge in [-0.3, -0.25) is 0 Å². The van der Waals surface area contributed by atoms with E-state index in [1.165, 1.54) is 0 Å². The summed E-state index contributed by atoms with van der Waals surface area (Å²) in [5, 5.41) is 11.5. The highest BCUT2D eigenvalue weighted by Crippen LogP contribution is 2.40. The Morgan fingerprint density at radius 3 is 2.95 bits per heavy atom. The van der Waals surface area contributed by atoms with Crippen LogP contribution in [0.5, 0.6) is 11.5 Å². The molecule has 110 valence electrons. The maximum atomic E-state index is 5.70. The molecule has 21 heavy (non-hydrogen) atoms. The van der Waals surface area contributed by atoms with Crippen molar-refractivity contribution in [3.8, 4) is 11.5 Å². The van der Waals surface area contributed by atoms with Crippen molar-refractivity contribution < 1.29 is 13.9 Å². The van der Waals surface area contributed by atoms with Crippen LogP contribution >= 0.6 is 0 Å². The van der Waals surface area contributed by atoms with E-state index < -0.39 is 0 Å². The van der Waals surface area contributed by atoms with Gasteiger partial charge in [0.25, 0.3) is 0 Å². The maximum absolute atomic E-state index is 5.70. The van der Waals surface area contributed by atoms with E-state index in [1.807, 2.05) is 18.2 Å². The van der Waals surface area contributed by atoms with Crippen LogP contribution in [0.2, 0.25) is 0 Å². The molecule has 0 amide bonds. The average Bonchev–Trinajstić information content (AvgIpc) is 3.27. The molecule has 2 aromatic rings. The summed E-state index contributed by atoms with van der Waals surface area (Å²) >= 11 is 0. The van der Waals surface area contributed by atoms with Crippen LogP contribution in [0.1, 0.15) is 42.7 Å². The third-order valence-electron chi connectivity index (χ3n) is 3.93. The monoisotopic (exact) mass is 287 g/mol. The van der Waals surface area contributed by atoms with Crippen molar-refractivity contribution in [1.29, 1.82) is 0 Å². The highest BCUT2D eigenvalue weighted by atomic mass is 16.5. The summed E-state index contributed by atoms with van der Waals surface area (Å²) in [6, 6.07) is 6.47. The molecule has 1 fully saturated rings. The summed E-state index contributed by atoms with van der Waals surface area (Å²) in [5.41, 5.74) is 1.09. The van der Waals surface area contributed by atoms with Gasteiger partial charge in [-0.05, 0) is 25.0 Å². The molecule has 0 spiro atoms. The molecule has 1 aliphatic heterocycles. The van der Waals surface area contributed by atoms with Crippen LogP contribution in [0.4, 0.5) is 6.01 Å². The Balaban J connectivity index is 1.55. The van der Waals surface area contributed by atoms with E-state index in [2.05, 4.69) is 15.5 Å². The second-order valence-electron chi connectivity index (χ2n) is 5.46. The van der Waals surface area contributed by atoms with Crippen molar-refractivity contribution in [3.05, 3.63) is 29.7 Å². The average molecular weight is 287 g/mol. The third-order valence-corrected chi connectivity index (χ3v) is 3.93. The molecule has 0 radical (unpaired) electrons. The Morgan fingerprint density at radius 1 is 1.24 bits per heavy atom. The van der Waals surface area contributed by atoms with Gasteiger partial charge in [-0.2, -0.15) is 0 Å². The van der Waals surface area contributed by atoms with E-state index in [4.69, 9.17) is 13.9 Å². The normalized spacial score (nSPS) is 20.5. The van der Waals surface area contributed by atoms with E-state index in [0.29, 0.717) is 18.5 Å². The van der Waals surface area contributed by atoms with Crippen molar-refractivity contribution >= 4 is 6.01 Å². The van der Waals surface area contributed by atoms with E-state index in [1.54, 1.807) is 7.11 Å². The minimum absolute atomic E-state index is 0.118. The van der Waals surface area contributed by atoms with Gasteiger partial charge in [0.15, 0.2) is 0 Å². The fourth-order valence-electron chi connectivity index (χ4n) is 2.58. The summed E-state index contributed by atoms with van der Waals surface area (Å²) < 4.78 is 16.6. The summed E-state index contributed by atoms with van der Waals surface area (Å²) in [4.78, 5) is 0. The Morgan fingerprint density at radius 2 is 2.14 bits per heavy atom. The van der Waals surface area contributed by atoms with Gasteiger partial charge < -0.3 is 19.2 Å². The lowest BCUT2D eigenvalue weighted by Gasteiger charge is -2.26. The number of benzene rings is 1. The van der Waals surface area contributed by atoms with E-state index in [0.717, 1.165) is 42.2 Å². The van der Waals surface area contributed by atoms with Crippen LogP contribution in [0.3, 0.4) is 0 Å². The second-order valence-corrected chi connectivity index (χ2v) is 5.46. The van der Waals surface area contributed by atoms with Crippen LogP contribution in [-0.4, -0.2) is 23.9 Å². The molecule has 6 heteroatoms.